The summed E-state index contributed by atoms with van der Waals surface area (Å²) in [6.45, 7) is 3.81. The fraction of sp³-hybridized carbons (Fsp3) is 0.188. The summed E-state index contributed by atoms with van der Waals surface area (Å²) in [5, 5.41) is 20.7. The Morgan fingerprint density at radius 2 is 1.34 bits per heavy atom. The van der Waals surface area contributed by atoms with Gasteiger partial charge in [-0.25, -0.2) is 9.59 Å². The van der Waals surface area contributed by atoms with Crippen molar-refractivity contribution in [3.8, 4) is 0 Å². The monoisotopic (exact) mass is 527 g/mol. The molecule has 1 aliphatic heterocycles. The standard InChI is InChI=1S/C32H30ClNO4/c1-21-28(31(35)36)30(25-16-11-17-26(33)20-25)29(32(37)38)22(2)34(21)19-10-9-18-27(23-12-5-3-6-13-23)24-14-7-4-8-15-24/h3-17,20,27,30H,18-19H2,1-2H3,(H,35,36)(H,37,38). The molecule has 38 heavy (non-hydrogen) atoms. The molecule has 194 valence electrons. The largest absolute Gasteiger partial charge is 0.478 e. The second-order valence-corrected chi connectivity index (χ2v) is 9.72. The van der Waals surface area contributed by atoms with E-state index in [1.165, 1.54) is 11.1 Å². The van der Waals surface area contributed by atoms with E-state index >= 15 is 0 Å². The van der Waals surface area contributed by atoms with Gasteiger partial charge in [-0.1, -0.05) is 96.5 Å². The Morgan fingerprint density at radius 1 is 0.816 bits per heavy atom. The minimum atomic E-state index is -1.15. The van der Waals surface area contributed by atoms with E-state index in [2.05, 4.69) is 30.3 Å². The van der Waals surface area contributed by atoms with Gasteiger partial charge in [0.15, 0.2) is 0 Å². The first kappa shape index (κ1) is 27.0. The van der Waals surface area contributed by atoms with Gasteiger partial charge in [0, 0.05) is 28.9 Å². The average molecular weight is 528 g/mol. The van der Waals surface area contributed by atoms with Gasteiger partial charge in [-0.2, -0.15) is 0 Å². The minimum Gasteiger partial charge on any atom is -0.478 e. The van der Waals surface area contributed by atoms with Crippen molar-refractivity contribution in [2.75, 3.05) is 6.54 Å². The van der Waals surface area contributed by atoms with Crippen molar-refractivity contribution in [3.05, 3.63) is 141 Å². The third kappa shape index (κ3) is 5.74. The minimum absolute atomic E-state index is 0.0371. The summed E-state index contributed by atoms with van der Waals surface area (Å²) < 4.78 is 0. The van der Waals surface area contributed by atoms with E-state index in [1.54, 1.807) is 43.0 Å². The molecule has 2 N–H and O–H groups in total. The predicted octanol–water partition coefficient (Wildman–Crippen LogP) is 7.23. The summed E-state index contributed by atoms with van der Waals surface area (Å²) in [4.78, 5) is 26.6. The Bertz CT molecular complexity index is 1330. The summed E-state index contributed by atoms with van der Waals surface area (Å²) in [7, 11) is 0. The first-order valence-corrected chi connectivity index (χ1v) is 12.8. The number of nitrogens with zero attached hydrogens (tertiary/aromatic N) is 1. The SMILES string of the molecule is CC1=C(C(=O)O)C(c2cccc(Cl)c2)C(C(=O)O)=C(C)N1CC=CCC(c1ccccc1)c1ccccc1. The first-order chi connectivity index (χ1) is 18.3. The van der Waals surface area contributed by atoms with Crippen LogP contribution in [0.25, 0.3) is 0 Å². The number of carboxylic acids is 2. The van der Waals surface area contributed by atoms with E-state index < -0.39 is 17.9 Å². The zero-order valence-corrected chi connectivity index (χ0v) is 22.1. The van der Waals surface area contributed by atoms with E-state index in [0.717, 1.165) is 6.42 Å². The number of hydrogen-bond acceptors (Lipinski definition) is 3. The average Bonchev–Trinajstić information content (AvgIpc) is 2.90. The molecular formula is C32H30ClNO4. The van der Waals surface area contributed by atoms with Crippen molar-refractivity contribution in [3.63, 3.8) is 0 Å². The van der Waals surface area contributed by atoms with Crippen LogP contribution in [0.15, 0.2) is 120 Å². The Morgan fingerprint density at radius 3 is 1.82 bits per heavy atom. The molecule has 0 aliphatic carbocycles. The van der Waals surface area contributed by atoms with Gasteiger partial charge in [0.25, 0.3) is 0 Å². The lowest BCUT2D eigenvalue weighted by Crippen LogP contribution is -2.34. The molecule has 5 nitrogen and oxygen atoms in total. The van der Waals surface area contributed by atoms with Crippen LogP contribution in [0.2, 0.25) is 5.02 Å². The third-order valence-corrected chi connectivity index (χ3v) is 7.27. The van der Waals surface area contributed by atoms with Crippen molar-refractivity contribution in [1.82, 2.24) is 4.90 Å². The Kier molecular flexibility index (Phi) is 8.49. The summed E-state index contributed by atoms with van der Waals surface area (Å²) in [5.41, 5.74) is 4.05. The van der Waals surface area contributed by atoms with Crippen molar-refractivity contribution >= 4 is 23.5 Å². The van der Waals surface area contributed by atoms with Crippen LogP contribution in [0.1, 0.15) is 48.8 Å². The highest BCUT2D eigenvalue weighted by Gasteiger charge is 2.39. The molecule has 4 rings (SSSR count). The molecular weight excluding hydrogens is 498 g/mol. The highest BCUT2D eigenvalue weighted by atomic mass is 35.5. The van der Waals surface area contributed by atoms with E-state index in [-0.39, 0.29) is 17.1 Å². The molecule has 1 heterocycles. The molecule has 0 amide bonds. The number of carboxylic acid groups (broad SMARTS) is 2. The predicted molar refractivity (Wildman–Crippen MR) is 150 cm³/mol. The maximum atomic E-state index is 12.4. The van der Waals surface area contributed by atoms with Crippen LogP contribution in [-0.4, -0.2) is 33.6 Å². The molecule has 0 atom stereocenters. The van der Waals surface area contributed by atoms with Crippen molar-refractivity contribution in [1.29, 1.82) is 0 Å². The van der Waals surface area contributed by atoms with E-state index in [1.807, 2.05) is 42.5 Å². The lowest BCUT2D eigenvalue weighted by atomic mass is 9.80. The number of benzene rings is 3. The Labute approximate surface area is 228 Å². The first-order valence-electron chi connectivity index (χ1n) is 12.5. The lowest BCUT2D eigenvalue weighted by Gasteiger charge is -2.36. The number of halogens is 1. The van der Waals surface area contributed by atoms with Crippen molar-refractivity contribution in [2.45, 2.75) is 32.1 Å². The number of hydrogen-bond donors (Lipinski definition) is 2. The molecule has 0 unspecified atom stereocenters. The second-order valence-electron chi connectivity index (χ2n) is 9.29. The molecule has 0 saturated carbocycles. The maximum absolute atomic E-state index is 12.4. The molecule has 0 saturated heterocycles. The van der Waals surface area contributed by atoms with Crippen LogP contribution in [0.3, 0.4) is 0 Å². The normalized spacial score (nSPS) is 14.6. The fourth-order valence-electron chi connectivity index (χ4n) is 5.20. The van der Waals surface area contributed by atoms with Gasteiger partial charge in [-0.15, -0.1) is 0 Å². The van der Waals surface area contributed by atoms with Gasteiger partial charge in [0.2, 0.25) is 0 Å². The molecule has 6 heteroatoms. The highest BCUT2D eigenvalue weighted by Crippen LogP contribution is 2.42. The van der Waals surface area contributed by atoms with Crippen LogP contribution in [0, 0.1) is 0 Å². The molecule has 0 spiro atoms. The molecule has 0 fully saturated rings. The van der Waals surface area contributed by atoms with Gasteiger partial charge >= 0.3 is 11.9 Å². The summed E-state index contributed by atoms with van der Waals surface area (Å²) >= 11 is 6.17. The fourth-order valence-corrected chi connectivity index (χ4v) is 5.40. The molecule has 0 bridgehead atoms. The number of allylic oxidation sites excluding steroid dienone is 3. The van der Waals surface area contributed by atoms with Crippen LogP contribution < -0.4 is 0 Å². The van der Waals surface area contributed by atoms with Crippen LogP contribution in [0.5, 0.6) is 0 Å². The second kappa shape index (κ2) is 12.0. The smallest absolute Gasteiger partial charge is 0.334 e. The van der Waals surface area contributed by atoms with Crippen LogP contribution >= 0.6 is 11.6 Å². The van der Waals surface area contributed by atoms with Crippen molar-refractivity contribution < 1.29 is 19.8 Å². The number of carbonyl (C=O) groups is 2. The molecule has 0 aromatic heterocycles. The Hall–Kier alpha value is -4.09. The Balaban J connectivity index is 1.65. The third-order valence-electron chi connectivity index (χ3n) is 7.04. The summed E-state index contributed by atoms with van der Waals surface area (Å²) in [6.07, 6.45) is 4.80. The van der Waals surface area contributed by atoms with Gasteiger partial charge in [-0.05, 0) is 49.1 Å². The quantitative estimate of drug-likeness (QED) is 0.287. The maximum Gasteiger partial charge on any atom is 0.334 e. The zero-order valence-electron chi connectivity index (χ0n) is 21.3. The van der Waals surface area contributed by atoms with Crippen molar-refractivity contribution in [2.24, 2.45) is 0 Å². The molecule has 3 aromatic carbocycles. The van der Waals surface area contributed by atoms with E-state index in [0.29, 0.717) is 28.5 Å². The van der Waals surface area contributed by atoms with E-state index in [9.17, 15) is 19.8 Å². The number of rotatable bonds is 9. The number of aliphatic carboxylic acids is 2. The van der Waals surface area contributed by atoms with Gasteiger partial charge in [-0.3, -0.25) is 0 Å². The van der Waals surface area contributed by atoms with Crippen LogP contribution in [0.4, 0.5) is 0 Å². The molecule has 1 aliphatic rings. The van der Waals surface area contributed by atoms with Gasteiger partial charge in [0.05, 0.1) is 17.1 Å². The van der Waals surface area contributed by atoms with E-state index in [4.69, 9.17) is 11.6 Å². The van der Waals surface area contributed by atoms with Gasteiger partial charge in [0.1, 0.15) is 0 Å². The topological polar surface area (TPSA) is 77.8 Å². The zero-order chi connectivity index (χ0) is 27.2. The lowest BCUT2D eigenvalue weighted by molar-refractivity contribution is -0.133. The molecule has 0 radical (unpaired) electrons. The summed E-state index contributed by atoms with van der Waals surface area (Å²) in [6, 6.07) is 27.3. The summed E-state index contributed by atoms with van der Waals surface area (Å²) in [5.74, 6) is -3.06. The molecule has 3 aromatic rings. The van der Waals surface area contributed by atoms with Crippen LogP contribution in [-0.2, 0) is 9.59 Å². The highest BCUT2D eigenvalue weighted by molar-refractivity contribution is 6.30. The van der Waals surface area contributed by atoms with Gasteiger partial charge < -0.3 is 15.1 Å².